The fourth-order valence-electron chi connectivity index (χ4n) is 2.56. The molecule has 4 nitrogen and oxygen atoms in total. The lowest BCUT2D eigenvalue weighted by atomic mass is 10.1. The zero-order chi connectivity index (χ0) is 15.6. The molecule has 3 aromatic heterocycles. The second-order valence-electron chi connectivity index (χ2n) is 5.23. The molecule has 0 amide bonds. The Hall–Kier alpha value is -2.59. The molecule has 0 N–H and O–H groups in total. The molecule has 0 spiro atoms. The Morgan fingerprint density at radius 3 is 2.78 bits per heavy atom. The first-order valence-corrected chi connectivity index (χ1v) is 7.70. The van der Waals surface area contributed by atoms with Crippen molar-refractivity contribution < 1.29 is 8.83 Å². The summed E-state index contributed by atoms with van der Waals surface area (Å²) in [5, 5.41) is 0.646. The predicted octanol–water partition coefficient (Wildman–Crippen LogP) is 4.92. The summed E-state index contributed by atoms with van der Waals surface area (Å²) in [5.41, 5.74) is 3.53. The first kappa shape index (κ1) is 14.0. The van der Waals surface area contributed by atoms with E-state index in [-0.39, 0.29) is 0 Å². The maximum Gasteiger partial charge on any atom is 0.263 e. The number of oxazole rings is 1. The van der Waals surface area contributed by atoms with Crippen molar-refractivity contribution in [2.24, 2.45) is 0 Å². The van der Waals surface area contributed by atoms with E-state index >= 15 is 0 Å². The number of nitrogens with zero attached hydrogens (tertiary/aromatic N) is 2. The van der Waals surface area contributed by atoms with Crippen LogP contribution < -0.4 is 0 Å². The van der Waals surface area contributed by atoms with E-state index in [1.54, 1.807) is 24.6 Å². The van der Waals surface area contributed by atoms with Gasteiger partial charge in [0.15, 0.2) is 11.3 Å². The number of benzene rings is 1. The normalized spacial score (nSPS) is 11.2. The van der Waals surface area contributed by atoms with Crippen LogP contribution in [0.5, 0.6) is 0 Å². The summed E-state index contributed by atoms with van der Waals surface area (Å²) < 4.78 is 11.3. The maximum absolute atomic E-state index is 6.22. The van der Waals surface area contributed by atoms with Crippen LogP contribution in [0.1, 0.15) is 11.3 Å². The Morgan fingerprint density at radius 1 is 1.04 bits per heavy atom. The van der Waals surface area contributed by atoms with Gasteiger partial charge in [-0.3, -0.25) is 4.98 Å². The molecule has 0 aliphatic heterocycles. The van der Waals surface area contributed by atoms with Gasteiger partial charge in [0.05, 0.1) is 6.26 Å². The van der Waals surface area contributed by atoms with E-state index in [9.17, 15) is 0 Å². The highest BCUT2D eigenvalue weighted by molar-refractivity contribution is 6.31. The number of hydrogen-bond donors (Lipinski definition) is 0. The molecule has 0 saturated heterocycles. The van der Waals surface area contributed by atoms with E-state index in [2.05, 4.69) is 9.97 Å². The SMILES string of the molecule is Clc1cc(CCc2ccccn2)c2oc(-c3ccco3)nc2c1. The van der Waals surface area contributed by atoms with Gasteiger partial charge in [0.25, 0.3) is 5.89 Å². The molecule has 1 aromatic carbocycles. The third-order valence-corrected chi connectivity index (χ3v) is 3.86. The number of aromatic nitrogens is 2. The fraction of sp³-hybridized carbons (Fsp3) is 0.111. The largest absolute Gasteiger partial charge is 0.459 e. The highest BCUT2D eigenvalue weighted by Crippen LogP contribution is 2.30. The van der Waals surface area contributed by atoms with Crippen molar-refractivity contribution in [3.05, 3.63) is 71.2 Å². The molecule has 0 aliphatic rings. The van der Waals surface area contributed by atoms with Gasteiger partial charge in [0, 0.05) is 16.9 Å². The monoisotopic (exact) mass is 324 g/mol. The van der Waals surface area contributed by atoms with Gasteiger partial charge in [-0.25, -0.2) is 4.98 Å². The van der Waals surface area contributed by atoms with Crippen molar-refractivity contribution in [1.29, 1.82) is 0 Å². The molecule has 4 aromatic rings. The second-order valence-corrected chi connectivity index (χ2v) is 5.67. The first-order valence-electron chi connectivity index (χ1n) is 7.32. The van der Waals surface area contributed by atoms with Crippen LogP contribution in [0.3, 0.4) is 0 Å². The predicted molar refractivity (Wildman–Crippen MR) is 88.4 cm³/mol. The van der Waals surface area contributed by atoms with Gasteiger partial charge in [-0.1, -0.05) is 17.7 Å². The first-order chi connectivity index (χ1) is 11.3. The Kier molecular flexibility index (Phi) is 3.60. The molecule has 114 valence electrons. The van der Waals surface area contributed by atoms with E-state index < -0.39 is 0 Å². The lowest BCUT2D eigenvalue weighted by Crippen LogP contribution is -1.94. The summed E-state index contributed by atoms with van der Waals surface area (Å²) in [6, 6.07) is 13.3. The van der Waals surface area contributed by atoms with Crippen LogP contribution in [0.25, 0.3) is 22.8 Å². The molecule has 0 atom stereocenters. The molecule has 0 aliphatic carbocycles. The average Bonchev–Trinajstić information content (AvgIpc) is 3.22. The summed E-state index contributed by atoms with van der Waals surface area (Å²) in [6.45, 7) is 0. The third-order valence-electron chi connectivity index (χ3n) is 3.64. The molecular weight excluding hydrogens is 312 g/mol. The number of pyridine rings is 1. The quantitative estimate of drug-likeness (QED) is 0.534. The lowest BCUT2D eigenvalue weighted by Gasteiger charge is -2.03. The van der Waals surface area contributed by atoms with Crippen LogP contribution in [0.15, 0.2) is 63.8 Å². The number of aryl methyl sites for hydroxylation is 2. The minimum absolute atomic E-state index is 0.464. The van der Waals surface area contributed by atoms with Gasteiger partial charge in [0.2, 0.25) is 0 Å². The topological polar surface area (TPSA) is 52.1 Å². The molecule has 4 rings (SSSR count). The smallest absolute Gasteiger partial charge is 0.263 e. The van der Waals surface area contributed by atoms with Crippen LogP contribution in [0.2, 0.25) is 5.02 Å². The molecule has 0 saturated carbocycles. The van der Waals surface area contributed by atoms with Crippen molar-refractivity contribution in [2.75, 3.05) is 0 Å². The Labute approximate surface area is 137 Å². The molecule has 0 fully saturated rings. The number of fused-ring (bicyclic) bond motifs is 1. The number of hydrogen-bond acceptors (Lipinski definition) is 4. The van der Waals surface area contributed by atoms with Gasteiger partial charge >= 0.3 is 0 Å². The van der Waals surface area contributed by atoms with Crippen LogP contribution in [0, 0.1) is 0 Å². The summed E-state index contributed by atoms with van der Waals surface area (Å²) >= 11 is 6.22. The molecule has 5 heteroatoms. The van der Waals surface area contributed by atoms with Gasteiger partial charge < -0.3 is 8.83 Å². The maximum atomic E-state index is 6.22. The Balaban J connectivity index is 1.70. The average molecular weight is 325 g/mol. The summed E-state index contributed by atoms with van der Waals surface area (Å²) in [6.07, 6.45) is 4.99. The van der Waals surface area contributed by atoms with Crippen molar-refractivity contribution >= 4 is 22.7 Å². The minimum atomic E-state index is 0.464. The third kappa shape index (κ3) is 2.85. The summed E-state index contributed by atoms with van der Waals surface area (Å²) in [5.74, 6) is 1.07. The van der Waals surface area contributed by atoms with Crippen LogP contribution in [-0.2, 0) is 12.8 Å². The molecular formula is C18H13ClN2O2. The van der Waals surface area contributed by atoms with E-state index in [1.165, 1.54) is 0 Å². The summed E-state index contributed by atoms with van der Waals surface area (Å²) in [7, 11) is 0. The molecule has 3 heterocycles. The fourth-order valence-corrected chi connectivity index (χ4v) is 2.80. The highest BCUT2D eigenvalue weighted by Gasteiger charge is 2.14. The molecule has 23 heavy (non-hydrogen) atoms. The van der Waals surface area contributed by atoms with E-state index in [4.69, 9.17) is 20.4 Å². The van der Waals surface area contributed by atoms with E-state index in [1.807, 2.05) is 30.3 Å². The zero-order valence-electron chi connectivity index (χ0n) is 12.2. The van der Waals surface area contributed by atoms with Crippen molar-refractivity contribution in [2.45, 2.75) is 12.8 Å². The van der Waals surface area contributed by atoms with Crippen LogP contribution >= 0.6 is 11.6 Å². The summed E-state index contributed by atoms with van der Waals surface area (Å²) in [4.78, 5) is 8.82. The van der Waals surface area contributed by atoms with Gasteiger partial charge in [-0.15, -0.1) is 0 Å². The van der Waals surface area contributed by atoms with E-state index in [0.29, 0.717) is 16.7 Å². The Bertz CT molecular complexity index is 930. The molecule has 0 radical (unpaired) electrons. The second kappa shape index (κ2) is 5.89. The zero-order valence-corrected chi connectivity index (χ0v) is 13.0. The van der Waals surface area contributed by atoms with Crippen molar-refractivity contribution in [3.8, 4) is 11.7 Å². The number of rotatable bonds is 4. The standard InChI is InChI=1S/C18H13ClN2O2/c19-13-10-12(6-7-14-4-1-2-8-20-14)17-15(11-13)21-18(23-17)16-5-3-9-22-16/h1-5,8-11H,6-7H2. The van der Waals surface area contributed by atoms with Gasteiger partial charge in [-0.2, -0.15) is 0 Å². The number of furan rings is 1. The molecule has 0 unspecified atom stereocenters. The minimum Gasteiger partial charge on any atom is -0.459 e. The van der Waals surface area contributed by atoms with Crippen LogP contribution in [0.4, 0.5) is 0 Å². The van der Waals surface area contributed by atoms with Crippen LogP contribution in [-0.4, -0.2) is 9.97 Å². The van der Waals surface area contributed by atoms with E-state index in [0.717, 1.165) is 35.2 Å². The Morgan fingerprint density at radius 2 is 2.00 bits per heavy atom. The molecule has 0 bridgehead atoms. The highest BCUT2D eigenvalue weighted by atomic mass is 35.5. The van der Waals surface area contributed by atoms with Crippen molar-refractivity contribution in [1.82, 2.24) is 9.97 Å². The van der Waals surface area contributed by atoms with Crippen molar-refractivity contribution in [3.63, 3.8) is 0 Å². The number of halogens is 1. The van der Waals surface area contributed by atoms with Gasteiger partial charge in [0.1, 0.15) is 5.52 Å². The lowest BCUT2D eigenvalue weighted by molar-refractivity contribution is 0.533. The van der Waals surface area contributed by atoms with Gasteiger partial charge in [-0.05, 0) is 54.8 Å².